The molecule has 1 heterocycles. The van der Waals surface area contributed by atoms with E-state index in [-0.39, 0.29) is 6.42 Å². The van der Waals surface area contributed by atoms with E-state index >= 15 is 0 Å². The maximum atomic E-state index is 10.8. The third-order valence-electron chi connectivity index (χ3n) is 2.24. The van der Waals surface area contributed by atoms with Crippen LogP contribution in [0.2, 0.25) is 0 Å². The fraction of sp³-hybridized carbons (Fsp3) is 0.571. The summed E-state index contributed by atoms with van der Waals surface area (Å²) in [6, 6.07) is 0. The average molecular weight is 187 g/mol. The molecule has 1 aliphatic heterocycles. The van der Waals surface area contributed by atoms with Crippen LogP contribution in [0.3, 0.4) is 0 Å². The highest BCUT2D eigenvalue weighted by atomic mass is 16.4. The number of carboxylic acid groups (broad SMARTS) is 2. The van der Waals surface area contributed by atoms with Crippen molar-refractivity contribution in [2.45, 2.75) is 18.9 Å². The van der Waals surface area contributed by atoms with Crippen LogP contribution < -0.4 is 5.32 Å². The van der Waals surface area contributed by atoms with Gasteiger partial charge in [-0.2, -0.15) is 0 Å². The Kier molecular flexibility index (Phi) is 1.99. The quantitative estimate of drug-likeness (QED) is 0.483. The predicted molar refractivity (Wildman–Crippen MR) is 39.9 cm³/mol. The first-order valence-corrected chi connectivity index (χ1v) is 3.69. The van der Waals surface area contributed by atoms with Gasteiger partial charge in [-0.05, 0) is 0 Å². The topological polar surface area (TPSA) is 104 Å². The lowest BCUT2D eigenvalue weighted by atomic mass is 9.87. The zero-order chi connectivity index (χ0) is 10.2. The molecule has 1 amide bonds. The van der Waals surface area contributed by atoms with Gasteiger partial charge in [0.2, 0.25) is 11.4 Å². The molecule has 1 fully saturated rings. The van der Waals surface area contributed by atoms with Crippen LogP contribution in [0.15, 0.2) is 0 Å². The monoisotopic (exact) mass is 187 g/mol. The molecular weight excluding hydrogens is 178 g/mol. The highest BCUT2D eigenvalue weighted by Crippen LogP contribution is 2.27. The Morgan fingerprint density at radius 1 is 1.46 bits per heavy atom. The second kappa shape index (κ2) is 2.72. The highest BCUT2D eigenvalue weighted by molar-refractivity contribution is 6.09. The van der Waals surface area contributed by atoms with Crippen molar-refractivity contribution in [3.63, 3.8) is 0 Å². The molecule has 6 heteroatoms. The van der Waals surface area contributed by atoms with Crippen molar-refractivity contribution in [3.8, 4) is 0 Å². The van der Waals surface area contributed by atoms with Crippen LogP contribution in [-0.4, -0.2) is 33.6 Å². The summed E-state index contributed by atoms with van der Waals surface area (Å²) in [5.74, 6) is -4.34. The van der Waals surface area contributed by atoms with Gasteiger partial charge in [0.1, 0.15) is 0 Å². The molecule has 1 rings (SSSR count). The lowest BCUT2D eigenvalue weighted by molar-refractivity contribution is -0.161. The van der Waals surface area contributed by atoms with Crippen LogP contribution in [0.25, 0.3) is 0 Å². The fourth-order valence-electron chi connectivity index (χ4n) is 1.45. The number of hydrogen-bond acceptors (Lipinski definition) is 3. The largest absolute Gasteiger partial charge is 0.479 e. The predicted octanol–water partition coefficient (Wildman–Crippen LogP) is -0.950. The van der Waals surface area contributed by atoms with Gasteiger partial charge in [0.15, 0.2) is 0 Å². The van der Waals surface area contributed by atoms with Gasteiger partial charge in [-0.15, -0.1) is 0 Å². The van der Waals surface area contributed by atoms with E-state index in [1.807, 2.05) is 5.32 Å². The van der Waals surface area contributed by atoms with Crippen molar-refractivity contribution in [2.75, 3.05) is 0 Å². The van der Waals surface area contributed by atoms with E-state index in [2.05, 4.69) is 0 Å². The first-order valence-electron chi connectivity index (χ1n) is 3.69. The van der Waals surface area contributed by atoms with Crippen molar-refractivity contribution in [1.29, 1.82) is 0 Å². The van der Waals surface area contributed by atoms with E-state index in [0.29, 0.717) is 0 Å². The third kappa shape index (κ3) is 1.14. The van der Waals surface area contributed by atoms with Crippen molar-refractivity contribution >= 4 is 17.8 Å². The summed E-state index contributed by atoms with van der Waals surface area (Å²) in [5.41, 5.74) is -2.14. The molecule has 0 saturated carbocycles. The van der Waals surface area contributed by atoms with Crippen LogP contribution in [0.1, 0.15) is 13.3 Å². The number of hydrogen-bond donors (Lipinski definition) is 3. The van der Waals surface area contributed by atoms with Crippen LogP contribution in [0, 0.1) is 5.92 Å². The van der Waals surface area contributed by atoms with Crippen LogP contribution >= 0.6 is 0 Å². The van der Waals surface area contributed by atoms with E-state index in [4.69, 9.17) is 10.2 Å². The number of carbonyl (C=O) groups is 3. The fourth-order valence-corrected chi connectivity index (χ4v) is 1.45. The first kappa shape index (κ1) is 9.50. The van der Waals surface area contributed by atoms with Crippen LogP contribution in [0.4, 0.5) is 0 Å². The number of amides is 1. The SMILES string of the molecule is CC1CC(=O)NC1(C(=O)O)C(=O)O. The smallest absolute Gasteiger partial charge is 0.341 e. The molecule has 0 bridgehead atoms. The Hall–Kier alpha value is -1.59. The third-order valence-corrected chi connectivity index (χ3v) is 2.24. The first-order chi connectivity index (χ1) is 5.91. The summed E-state index contributed by atoms with van der Waals surface area (Å²) in [6.07, 6.45) is -0.0708. The summed E-state index contributed by atoms with van der Waals surface area (Å²) < 4.78 is 0. The molecule has 0 spiro atoms. The van der Waals surface area contributed by atoms with Gasteiger partial charge in [-0.3, -0.25) is 4.79 Å². The van der Waals surface area contributed by atoms with Gasteiger partial charge in [-0.1, -0.05) is 6.92 Å². The summed E-state index contributed by atoms with van der Waals surface area (Å²) in [5, 5.41) is 19.4. The Labute approximate surface area is 73.5 Å². The van der Waals surface area contributed by atoms with Gasteiger partial charge in [0.05, 0.1) is 0 Å². The maximum Gasteiger partial charge on any atom is 0.341 e. The average Bonchev–Trinajstić information content (AvgIpc) is 2.26. The zero-order valence-corrected chi connectivity index (χ0v) is 6.90. The Bertz CT molecular complexity index is 271. The normalized spacial score (nSPS) is 25.3. The van der Waals surface area contributed by atoms with E-state index in [1.165, 1.54) is 6.92 Å². The molecule has 3 N–H and O–H groups in total. The number of nitrogens with one attached hydrogen (secondary N) is 1. The summed E-state index contributed by atoms with van der Waals surface area (Å²) in [4.78, 5) is 32.3. The Balaban J connectivity index is 3.12. The molecule has 0 aromatic carbocycles. The minimum absolute atomic E-state index is 0.0708. The summed E-state index contributed by atoms with van der Waals surface area (Å²) >= 11 is 0. The number of carbonyl (C=O) groups excluding carboxylic acids is 1. The van der Waals surface area contributed by atoms with Crippen molar-refractivity contribution in [1.82, 2.24) is 5.32 Å². The highest BCUT2D eigenvalue weighted by Gasteiger charge is 2.57. The molecule has 1 unspecified atom stereocenters. The van der Waals surface area contributed by atoms with Crippen LogP contribution in [0.5, 0.6) is 0 Å². The number of aliphatic carboxylic acids is 2. The Morgan fingerprint density at radius 2 is 1.92 bits per heavy atom. The van der Waals surface area contributed by atoms with E-state index in [1.54, 1.807) is 0 Å². The van der Waals surface area contributed by atoms with Crippen molar-refractivity contribution in [3.05, 3.63) is 0 Å². The lowest BCUT2D eigenvalue weighted by Crippen LogP contribution is -2.58. The maximum absolute atomic E-state index is 10.8. The zero-order valence-electron chi connectivity index (χ0n) is 6.90. The number of carboxylic acids is 2. The molecule has 72 valence electrons. The summed E-state index contributed by atoms with van der Waals surface area (Å²) in [6.45, 7) is 1.42. The van der Waals surface area contributed by atoms with Crippen molar-refractivity contribution in [2.24, 2.45) is 5.92 Å². The molecular formula is C7H9NO5. The standard InChI is InChI=1S/C7H9NO5/c1-3-2-4(9)8-7(3,5(10)11)6(12)13/h3H,2H2,1H3,(H,8,9)(H,10,11)(H,12,13). The van der Waals surface area contributed by atoms with Gasteiger partial charge >= 0.3 is 11.9 Å². The minimum Gasteiger partial charge on any atom is -0.479 e. The van der Waals surface area contributed by atoms with E-state index < -0.39 is 29.3 Å². The van der Waals surface area contributed by atoms with E-state index in [9.17, 15) is 14.4 Å². The van der Waals surface area contributed by atoms with Gasteiger partial charge in [0.25, 0.3) is 0 Å². The Morgan fingerprint density at radius 3 is 2.08 bits per heavy atom. The molecule has 0 aromatic heterocycles. The molecule has 0 aromatic rings. The van der Waals surface area contributed by atoms with Gasteiger partial charge in [0, 0.05) is 12.3 Å². The van der Waals surface area contributed by atoms with Crippen LogP contribution in [-0.2, 0) is 14.4 Å². The van der Waals surface area contributed by atoms with Gasteiger partial charge < -0.3 is 15.5 Å². The van der Waals surface area contributed by atoms with E-state index in [0.717, 1.165) is 0 Å². The second-order valence-corrected chi connectivity index (χ2v) is 3.07. The minimum atomic E-state index is -2.14. The molecule has 1 atom stereocenters. The van der Waals surface area contributed by atoms with Crippen molar-refractivity contribution < 1.29 is 24.6 Å². The molecule has 6 nitrogen and oxygen atoms in total. The molecule has 0 radical (unpaired) electrons. The molecule has 13 heavy (non-hydrogen) atoms. The molecule has 0 aliphatic carbocycles. The lowest BCUT2D eigenvalue weighted by Gasteiger charge is -2.22. The second-order valence-electron chi connectivity index (χ2n) is 3.07. The summed E-state index contributed by atoms with van der Waals surface area (Å²) in [7, 11) is 0. The number of rotatable bonds is 2. The molecule has 1 aliphatic rings. The van der Waals surface area contributed by atoms with Gasteiger partial charge in [-0.25, -0.2) is 9.59 Å². The molecule has 1 saturated heterocycles.